The van der Waals surface area contributed by atoms with E-state index in [1.54, 1.807) is 11.3 Å². The number of hydrogen-bond donors (Lipinski definition) is 1. The fourth-order valence-electron chi connectivity index (χ4n) is 1.68. The molecule has 0 amide bonds. The van der Waals surface area contributed by atoms with Gasteiger partial charge in [-0.05, 0) is 18.8 Å². The molecule has 0 saturated carbocycles. The summed E-state index contributed by atoms with van der Waals surface area (Å²) >= 11 is 1.73. The average molecular weight is 213 g/mol. The van der Waals surface area contributed by atoms with Gasteiger partial charge in [0.1, 0.15) is 5.51 Å². The largest absolute Gasteiger partial charge is 0.285 e. The molecule has 1 aromatic rings. The van der Waals surface area contributed by atoms with Crippen molar-refractivity contribution in [3.05, 3.63) is 10.9 Å². The minimum Gasteiger partial charge on any atom is -0.271 e. The lowest BCUT2D eigenvalue weighted by Crippen LogP contribution is -2.33. The third-order valence-electron chi connectivity index (χ3n) is 2.09. The van der Waals surface area contributed by atoms with Gasteiger partial charge >= 0.3 is 0 Å². The van der Waals surface area contributed by atoms with E-state index in [0.717, 1.165) is 0 Å². The summed E-state index contributed by atoms with van der Waals surface area (Å²) in [5.74, 6) is 1.21. The Hall–Kier alpha value is -0.570. The van der Waals surface area contributed by atoms with Gasteiger partial charge < -0.3 is 0 Å². The molecule has 14 heavy (non-hydrogen) atoms. The van der Waals surface area contributed by atoms with Crippen molar-refractivity contribution >= 4 is 17.2 Å². The molecule has 1 atom stereocenters. The summed E-state index contributed by atoms with van der Waals surface area (Å²) in [6, 6.07) is 0.524. The van der Waals surface area contributed by atoms with E-state index >= 15 is 0 Å². The van der Waals surface area contributed by atoms with Gasteiger partial charge in [0.25, 0.3) is 5.82 Å². The van der Waals surface area contributed by atoms with Crippen molar-refractivity contribution in [3.8, 4) is 0 Å². The van der Waals surface area contributed by atoms with E-state index in [2.05, 4.69) is 55.5 Å². The van der Waals surface area contributed by atoms with E-state index in [1.807, 2.05) is 0 Å². The van der Waals surface area contributed by atoms with Gasteiger partial charge in [-0.3, -0.25) is 5.32 Å². The number of anilines is 1. The van der Waals surface area contributed by atoms with E-state index in [0.29, 0.717) is 11.5 Å². The van der Waals surface area contributed by atoms with Crippen molar-refractivity contribution < 1.29 is 4.57 Å². The maximum atomic E-state index is 3.52. The van der Waals surface area contributed by atoms with Crippen molar-refractivity contribution in [1.29, 1.82) is 0 Å². The second-order valence-electron chi connectivity index (χ2n) is 5.17. The van der Waals surface area contributed by atoms with Gasteiger partial charge in [-0.1, -0.05) is 20.8 Å². The molecular formula is C11H21N2S+. The summed E-state index contributed by atoms with van der Waals surface area (Å²) in [4.78, 5) is 0. The smallest absolute Gasteiger partial charge is 0.271 e. The molecule has 1 rings (SSSR count). The Labute approximate surface area is 91.0 Å². The summed E-state index contributed by atoms with van der Waals surface area (Å²) in [5.41, 5.74) is 2.49. The molecule has 0 saturated heterocycles. The first kappa shape index (κ1) is 11.5. The average Bonchev–Trinajstić information content (AvgIpc) is 2.32. The normalized spacial score (nSPS) is 14.1. The summed E-state index contributed by atoms with van der Waals surface area (Å²) in [7, 11) is 2.07. The SMILES string of the molecule is C[C@H](CC(C)(C)C)Nc1csc[n+]1C. The van der Waals surface area contributed by atoms with Crippen molar-refractivity contribution in [2.45, 2.75) is 40.2 Å². The van der Waals surface area contributed by atoms with Crippen LogP contribution in [0, 0.1) is 5.41 Å². The molecule has 1 heterocycles. The molecule has 0 aromatic carbocycles. The fraction of sp³-hybridized carbons (Fsp3) is 0.727. The van der Waals surface area contributed by atoms with Crippen LogP contribution in [0.3, 0.4) is 0 Å². The van der Waals surface area contributed by atoms with Gasteiger partial charge in [0.2, 0.25) is 0 Å². The molecule has 80 valence electrons. The van der Waals surface area contributed by atoms with E-state index < -0.39 is 0 Å². The zero-order valence-corrected chi connectivity index (χ0v) is 10.6. The lowest BCUT2D eigenvalue weighted by atomic mass is 9.89. The highest BCUT2D eigenvalue weighted by atomic mass is 32.1. The molecule has 0 aliphatic carbocycles. The number of aromatic nitrogens is 1. The highest BCUT2D eigenvalue weighted by Crippen LogP contribution is 2.22. The maximum absolute atomic E-state index is 3.52. The number of nitrogens with one attached hydrogen (secondary N) is 1. The first-order valence-electron chi connectivity index (χ1n) is 5.07. The quantitative estimate of drug-likeness (QED) is 0.764. The van der Waals surface area contributed by atoms with E-state index in [-0.39, 0.29) is 0 Å². The molecule has 0 aliphatic rings. The zero-order valence-electron chi connectivity index (χ0n) is 9.79. The Balaban J connectivity index is 2.50. The van der Waals surface area contributed by atoms with Crippen LogP contribution in [0.4, 0.5) is 5.82 Å². The molecule has 3 heteroatoms. The number of thiazole rings is 1. The molecule has 0 fully saturated rings. The Kier molecular flexibility index (Phi) is 3.53. The van der Waals surface area contributed by atoms with Crippen LogP contribution < -0.4 is 9.88 Å². The van der Waals surface area contributed by atoms with Crippen LogP contribution in [-0.2, 0) is 7.05 Å². The monoisotopic (exact) mass is 213 g/mol. The van der Waals surface area contributed by atoms with Crippen molar-refractivity contribution in [3.63, 3.8) is 0 Å². The third-order valence-corrected chi connectivity index (χ3v) is 2.89. The topological polar surface area (TPSA) is 15.9 Å². The van der Waals surface area contributed by atoms with Crippen molar-refractivity contribution in [2.75, 3.05) is 5.32 Å². The molecule has 0 radical (unpaired) electrons. The maximum Gasteiger partial charge on any atom is 0.285 e. The minimum atomic E-state index is 0.390. The van der Waals surface area contributed by atoms with Gasteiger partial charge in [0.05, 0.1) is 18.5 Å². The van der Waals surface area contributed by atoms with Crippen LogP contribution in [0.2, 0.25) is 0 Å². The van der Waals surface area contributed by atoms with E-state index in [1.165, 1.54) is 12.2 Å². The highest BCUT2D eigenvalue weighted by molar-refractivity contribution is 7.07. The Morgan fingerprint density at radius 2 is 2.14 bits per heavy atom. The van der Waals surface area contributed by atoms with Crippen LogP contribution in [0.25, 0.3) is 0 Å². The van der Waals surface area contributed by atoms with E-state index in [9.17, 15) is 0 Å². The van der Waals surface area contributed by atoms with Gasteiger partial charge in [-0.2, -0.15) is 0 Å². The highest BCUT2D eigenvalue weighted by Gasteiger charge is 2.19. The van der Waals surface area contributed by atoms with Gasteiger partial charge in [0, 0.05) is 0 Å². The number of rotatable bonds is 3. The number of aryl methyl sites for hydroxylation is 1. The van der Waals surface area contributed by atoms with E-state index in [4.69, 9.17) is 0 Å². The Bertz CT molecular complexity index is 286. The standard InChI is InChI=1S/C11H21N2S/c1-9(6-11(2,3)4)12-10-7-14-8-13(10)5/h7-9,12H,6H2,1-5H3/q+1/t9-/m1/s1. The summed E-state index contributed by atoms with van der Waals surface area (Å²) in [5, 5.41) is 5.67. The first-order chi connectivity index (χ1) is 6.38. The van der Waals surface area contributed by atoms with Crippen LogP contribution in [-0.4, -0.2) is 6.04 Å². The minimum absolute atomic E-state index is 0.390. The van der Waals surface area contributed by atoms with Crippen LogP contribution >= 0.6 is 11.3 Å². The third kappa shape index (κ3) is 3.66. The Morgan fingerprint density at radius 1 is 1.50 bits per heavy atom. The molecule has 0 unspecified atom stereocenters. The molecule has 0 bridgehead atoms. The molecule has 0 aliphatic heterocycles. The zero-order chi connectivity index (χ0) is 10.8. The lowest BCUT2D eigenvalue weighted by molar-refractivity contribution is -0.652. The number of hydrogen-bond acceptors (Lipinski definition) is 2. The molecule has 1 aromatic heterocycles. The summed E-state index contributed by atoms with van der Waals surface area (Å²) < 4.78 is 2.13. The van der Waals surface area contributed by atoms with Crippen molar-refractivity contribution in [1.82, 2.24) is 0 Å². The second kappa shape index (κ2) is 4.30. The van der Waals surface area contributed by atoms with Gasteiger partial charge in [-0.25, -0.2) is 4.57 Å². The summed E-state index contributed by atoms with van der Waals surface area (Å²) in [6.45, 7) is 9.07. The lowest BCUT2D eigenvalue weighted by Gasteiger charge is -2.21. The molecular weight excluding hydrogens is 192 g/mol. The molecule has 1 N–H and O–H groups in total. The number of nitrogens with zero attached hydrogens (tertiary/aromatic N) is 1. The predicted molar refractivity (Wildman–Crippen MR) is 62.7 cm³/mol. The van der Waals surface area contributed by atoms with Crippen molar-refractivity contribution in [2.24, 2.45) is 12.5 Å². The van der Waals surface area contributed by atoms with Gasteiger partial charge in [0.15, 0.2) is 0 Å². The molecule has 2 nitrogen and oxygen atoms in total. The van der Waals surface area contributed by atoms with Crippen LogP contribution in [0.5, 0.6) is 0 Å². The fourth-order valence-corrected chi connectivity index (χ4v) is 2.40. The first-order valence-corrected chi connectivity index (χ1v) is 6.01. The van der Waals surface area contributed by atoms with Crippen LogP contribution in [0.1, 0.15) is 34.1 Å². The van der Waals surface area contributed by atoms with Gasteiger partial charge in [-0.15, -0.1) is 11.3 Å². The molecule has 0 spiro atoms. The summed E-state index contributed by atoms with van der Waals surface area (Å²) in [6.07, 6.45) is 1.18. The second-order valence-corrected chi connectivity index (χ2v) is 5.88. The predicted octanol–water partition coefficient (Wildman–Crippen LogP) is 2.81. The Morgan fingerprint density at radius 3 is 2.57 bits per heavy atom. The van der Waals surface area contributed by atoms with Crippen LogP contribution in [0.15, 0.2) is 10.9 Å².